The number of hydrogen-bond donors (Lipinski definition) is 0. The minimum Gasteiger partial charge on any atom is -0.259 e. The standard InChI is InChI=1S/C23H12BrClF3N3O/c24-14-8-9-18-16(11-14)21-20(12-29-18)30(15-5-3-4-13(10-15)23(26,27)28)22(32)31(21)19-7-2-1-6-17(19)25/h1-12H. The number of fused-ring (bicyclic) bond motifs is 3. The third kappa shape index (κ3) is 3.30. The van der Waals surface area contributed by atoms with Crippen LogP contribution in [0.25, 0.3) is 33.3 Å². The molecule has 5 aromatic rings. The van der Waals surface area contributed by atoms with Crippen LogP contribution in [0.1, 0.15) is 5.56 Å². The van der Waals surface area contributed by atoms with Crippen LogP contribution in [0.15, 0.2) is 82.2 Å². The molecule has 0 spiro atoms. The maximum Gasteiger partial charge on any atom is 0.416 e. The van der Waals surface area contributed by atoms with Gasteiger partial charge in [-0.1, -0.05) is 45.7 Å². The molecule has 4 nitrogen and oxygen atoms in total. The van der Waals surface area contributed by atoms with Crippen molar-refractivity contribution in [3.8, 4) is 11.4 Å². The molecule has 9 heteroatoms. The molecule has 0 N–H and O–H groups in total. The number of benzene rings is 3. The van der Waals surface area contributed by atoms with Crippen molar-refractivity contribution < 1.29 is 13.2 Å². The van der Waals surface area contributed by atoms with Gasteiger partial charge in [0.15, 0.2) is 0 Å². The van der Waals surface area contributed by atoms with Crippen molar-refractivity contribution in [3.05, 3.63) is 98.5 Å². The molecule has 0 unspecified atom stereocenters. The smallest absolute Gasteiger partial charge is 0.259 e. The average molecular weight is 519 g/mol. The summed E-state index contributed by atoms with van der Waals surface area (Å²) in [5.74, 6) is 0. The topological polar surface area (TPSA) is 39.8 Å². The van der Waals surface area contributed by atoms with E-state index < -0.39 is 17.4 Å². The molecular weight excluding hydrogens is 507 g/mol. The molecule has 5 rings (SSSR count). The molecule has 0 saturated heterocycles. The monoisotopic (exact) mass is 517 g/mol. The van der Waals surface area contributed by atoms with E-state index in [0.29, 0.717) is 32.6 Å². The van der Waals surface area contributed by atoms with Crippen molar-refractivity contribution >= 4 is 49.5 Å². The first-order valence-corrected chi connectivity index (χ1v) is 10.6. The summed E-state index contributed by atoms with van der Waals surface area (Å²) in [6.07, 6.45) is -3.06. The summed E-state index contributed by atoms with van der Waals surface area (Å²) in [4.78, 5) is 18.1. The van der Waals surface area contributed by atoms with Crippen LogP contribution in [0.4, 0.5) is 13.2 Å². The molecule has 0 bridgehead atoms. The fraction of sp³-hybridized carbons (Fsp3) is 0.0435. The number of halogens is 5. The highest BCUT2D eigenvalue weighted by Crippen LogP contribution is 2.33. The highest BCUT2D eigenvalue weighted by molar-refractivity contribution is 9.10. The van der Waals surface area contributed by atoms with Gasteiger partial charge in [0.25, 0.3) is 0 Å². The van der Waals surface area contributed by atoms with Gasteiger partial charge in [0, 0.05) is 9.86 Å². The van der Waals surface area contributed by atoms with E-state index >= 15 is 0 Å². The summed E-state index contributed by atoms with van der Waals surface area (Å²) >= 11 is 9.85. The van der Waals surface area contributed by atoms with Crippen molar-refractivity contribution in [1.82, 2.24) is 14.1 Å². The number of nitrogens with zero attached hydrogens (tertiary/aromatic N) is 3. The first-order chi connectivity index (χ1) is 15.3. The molecule has 0 aliphatic carbocycles. The number of pyridine rings is 1. The van der Waals surface area contributed by atoms with Gasteiger partial charge in [-0.3, -0.25) is 14.1 Å². The molecule has 0 radical (unpaired) electrons. The van der Waals surface area contributed by atoms with Gasteiger partial charge >= 0.3 is 11.9 Å². The number of imidazole rings is 1. The Hall–Kier alpha value is -3.10. The van der Waals surface area contributed by atoms with Gasteiger partial charge in [-0.25, -0.2) is 4.79 Å². The highest BCUT2D eigenvalue weighted by Gasteiger charge is 2.31. The van der Waals surface area contributed by atoms with E-state index in [1.807, 2.05) is 12.1 Å². The van der Waals surface area contributed by atoms with E-state index in [4.69, 9.17) is 11.6 Å². The lowest BCUT2D eigenvalue weighted by molar-refractivity contribution is -0.137. The summed E-state index contributed by atoms with van der Waals surface area (Å²) < 4.78 is 43.4. The average Bonchev–Trinajstić information content (AvgIpc) is 3.06. The third-order valence-corrected chi connectivity index (χ3v) is 5.97. The van der Waals surface area contributed by atoms with Crippen LogP contribution in [-0.2, 0) is 6.18 Å². The van der Waals surface area contributed by atoms with Crippen molar-refractivity contribution in [2.24, 2.45) is 0 Å². The van der Waals surface area contributed by atoms with Gasteiger partial charge in [0.05, 0.1) is 44.7 Å². The Kier molecular flexibility index (Phi) is 4.87. The predicted molar refractivity (Wildman–Crippen MR) is 122 cm³/mol. The molecule has 0 fully saturated rings. The lowest BCUT2D eigenvalue weighted by atomic mass is 10.1. The van der Waals surface area contributed by atoms with Gasteiger partial charge in [-0.2, -0.15) is 13.2 Å². The number of para-hydroxylation sites is 1. The molecule has 0 amide bonds. The molecule has 0 aliphatic heterocycles. The molecule has 160 valence electrons. The second kappa shape index (κ2) is 7.50. The Morgan fingerprint density at radius 1 is 0.938 bits per heavy atom. The van der Waals surface area contributed by atoms with Crippen LogP contribution in [0.5, 0.6) is 0 Å². The quantitative estimate of drug-likeness (QED) is 0.259. The third-order valence-electron chi connectivity index (χ3n) is 5.15. The second-order valence-corrected chi connectivity index (χ2v) is 8.43. The summed E-state index contributed by atoms with van der Waals surface area (Å²) in [7, 11) is 0. The fourth-order valence-corrected chi connectivity index (χ4v) is 4.35. The summed E-state index contributed by atoms with van der Waals surface area (Å²) in [6.45, 7) is 0. The minimum atomic E-state index is -4.55. The summed E-state index contributed by atoms with van der Waals surface area (Å²) in [6, 6.07) is 16.9. The maximum absolute atomic E-state index is 13.7. The van der Waals surface area contributed by atoms with Crippen molar-refractivity contribution in [1.29, 1.82) is 0 Å². The van der Waals surface area contributed by atoms with Gasteiger partial charge in [-0.05, 0) is 48.5 Å². The highest BCUT2D eigenvalue weighted by atomic mass is 79.9. The van der Waals surface area contributed by atoms with E-state index in [2.05, 4.69) is 20.9 Å². The van der Waals surface area contributed by atoms with Crippen molar-refractivity contribution in [2.45, 2.75) is 6.18 Å². The number of alkyl halides is 3. The molecule has 2 aromatic heterocycles. The van der Waals surface area contributed by atoms with Gasteiger partial charge in [0.1, 0.15) is 0 Å². The molecule has 0 aliphatic rings. The van der Waals surface area contributed by atoms with E-state index in [0.717, 1.165) is 16.6 Å². The normalized spacial score (nSPS) is 12.0. The molecular formula is C23H12BrClF3N3O. The first kappa shape index (κ1) is 20.8. The van der Waals surface area contributed by atoms with E-state index in [1.54, 1.807) is 30.3 Å². The predicted octanol–water partition coefficient (Wildman–Crippen LogP) is 6.76. The van der Waals surface area contributed by atoms with E-state index in [-0.39, 0.29) is 5.69 Å². The Morgan fingerprint density at radius 2 is 1.72 bits per heavy atom. The Labute approximate surface area is 192 Å². The SMILES string of the molecule is O=c1n(-c2cccc(C(F)(F)F)c2)c2cnc3ccc(Br)cc3c2n1-c1ccccc1Cl. The number of hydrogen-bond acceptors (Lipinski definition) is 2. The minimum absolute atomic E-state index is 0.0803. The van der Waals surface area contributed by atoms with Gasteiger partial charge in [0.2, 0.25) is 0 Å². The molecule has 32 heavy (non-hydrogen) atoms. The lowest BCUT2D eigenvalue weighted by Gasteiger charge is -2.09. The van der Waals surface area contributed by atoms with Crippen LogP contribution in [0, 0.1) is 0 Å². The number of rotatable bonds is 2. The molecule has 0 atom stereocenters. The summed E-state index contributed by atoms with van der Waals surface area (Å²) in [5.41, 5.74) is 0.576. The molecule has 2 heterocycles. The van der Waals surface area contributed by atoms with Gasteiger partial charge in [-0.15, -0.1) is 0 Å². The first-order valence-electron chi connectivity index (χ1n) is 9.40. The van der Waals surface area contributed by atoms with Crippen LogP contribution >= 0.6 is 27.5 Å². The zero-order chi connectivity index (χ0) is 22.6. The second-order valence-electron chi connectivity index (χ2n) is 7.11. The summed E-state index contributed by atoms with van der Waals surface area (Å²) in [5, 5.41) is 0.984. The zero-order valence-corrected chi connectivity index (χ0v) is 18.4. The number of aromatic nitrogens is 3. The fourth-order valence-electron chi connectivity index (χ4n) is 3.77. The van der Waals surface area contributed by atoms with Crippen molar-refractivity contribution in [2.75, 3.05) is 0 Å². The van der Waals surface area contributed by atoms with Crippen molar-refractivity contribution in [3.63, 3.8) is 0 Å². The molecule has 0 saturated carbocycles. The maximum atomic E-state index is 13.7. The lowest BCUT2D eigenvalue weighted by Crippen LogP contribution is -2.22. The Balaban J connectivity index is 1.96. The Bertz CT molecular complexity index is 1570. The van der Waals surface area contributed by atoms with Crippen LogP contribution < -0.4 is 5.69 Å². The largest absolute Gasteiger partial charge is 0.416 e. The van der Waals surface area contributed by atoms with Gasteiger partial charge < -0.3 is 0 Å². The Morgan fingerprint density at radius 3 is 2.47 bits per heavy atom. The van der Waals surface area contributed by atoms with E-state index in [9.17, 15) is 18.0 Å². The van der Waals surface area contributed by atoms with Crippen LogP contribution in [0.2, 0.25) is 5.02 Å². The zero-order valence-electron chi connectivity index (χ0n) is 16.1. The van der Waals surface area contributed by atoms with Crippen LogP contribution in [0.3, 0.4) is 0 Å². The van der Waals surface area contributed by atoms with Crippen LogP contribution in [-0.4, -0.2) is 14.1 Å². The molecule has 3 aromatic carbocycles. The van der Waals surface area contributed by atoms with E-state index in [1.165, 1.54) is 27.5 Å².